The summed E-state index contributed by atoms with van der Waals surface area (Å²) in [5, 5.41) is 16.6. The molecule has 1 aliphatic rings. The number of aliphatic hydroxyl groups is 1. The first kappa shape index (κ1) is 33.2. The quantitative estimate of drug-likeness (QED) is 0.137. The highest BCUT2D eigenvalue weighted by Crippen LogP contribution is 2.31. The van der Waals surface area contributed by atoms with Gasteiger partial charge in [0.25, 0.3) is 0 Å². The van der Waals surface area contributed by atoms with E-state index in [-0.39, 0.29) is 6.01 Å². The summed E-state index contributed by atoms with van der Waals surface area (Å²) in [5.74, 6) is 2.20. The van der Waals surface area contributed by atoms with E-state index in [1.807, 2.05) is 54.6 Å². The molecule has 0 amide bonds. The first-order valence-electron chi connectivity index (χ1n) is 16.8. The zero-order chi connectivity index (χ0) is 33.6. The van der Waals surface area contributed by atoms with Crippen molar-refractivity contribution in [1.82, 2.24) is 24.5 Å². The Morgan fingerprint density at radius 1 is 0.896 bits per heavy atom. The summed E-state index contributed by atoms with van der Waals surface area (Å²) < 4.78 is 18.6. The number of aliphatic hydroxyl groups excluding tert-OH is 1. The van der Waals surface area contributed by atoms with Crippen molar-refractivity contribution in [3.63, 3.8) is 0 Å². The van der Waals surface area contributed by atoms with Gasteiger partial charge in [0.2, 0.25) is 0 Å². The third kappa shape index (κ3) is 7.40. The average molecular weight is 651 g/mol. The van der Waals surface area contributed by atoms with Gasteiger partial charge in [0.05, 0.1) is 32.7 Å². The average Bonchev–Trinajstić information content (AvgIpc) is 3.55. The third-order valence-corrected chi connectivity index (χ3v) is 9.04. The maximum atomic E-state index is 11.8. The number of imidazole rings is 1. The molecule has 10 nitrogen and oxygen atoms in total. The molecule has 3 heterocycles. The summed E-state index contributed by atoms with van der Waals surface area (Å²) >= 11 is 0. The Hall–Kier alpha value is -4.67. The molecule has 0 saturated heterocycles. The van der Waals surface area contributed by atoms with Crippen molar-refractivity contribution in [3.05, 3.63) is 106 Å². The van der Waals surface area contributed by atoms with E-state index in [1.54, 1.807) is 24.9 Å². The molecule has 0 bridgehead atoms. The van der Waals surface area contributed by atoms with E-state index in [2.05, 4.69) is 42.7 Å². The second-order valence-electron chi connectivity index (χ2n) is 12.6. The molecule has 5 aromatic rings. The summed E-state index contributed by atoms with van der Waals surface area (Å²) in [5.41, 5.74) is 6.66. The highest BCUT2D eigenvalue weighted by molar-refractivity contribution is 5.65. The van der Waals surface area contributed by atoms with Crippen LogP contribution >= 0.6 is 0 Å². The van der Waals surface area contributed by atoms with E-state index in [4.69, 9.17) is 29.3 Å². The molecule has 2 aromatic heterocycles. The first-order valence-corrected chi connectivity index (χ1v) is 16.8. The lowest BCUT2D eigenvalue weighted by molar-refractivity contribution is 0.201. The molecule has 3 aromatic carbocycles. The number of anilines is 1. The SMILES string of the molecule is CCCCOc1nc(N(Cc2ccc(OC)cc2)Cc2ccc(OC)cc2)c2ncc(C(O)c3ccc4c(c3)CCN(C(C)C)C4)n2n1. The highest BCUT2D eigenvalue weighted by atomic mass is 16.5. The zero-order valence-electron chi connectivity index (χ0n) is 28.6. The van der Waals surface area contributed by atoms with Crippen molar-refractivity contribution < 1.29 is 19.3 Å². The normalized spacial score (nSPS) is 13.8. The van der Waals surface area contributed by atoms with Crippen molar-refractivity contribution in [2.45, 2.75) is 71.8 Å². The predicted molar refractivity (Wildman–Crippen MR) is 187 cm³/mol. The first-order chi connectivity index (χ1) is 23.4. The Balaban J connectivity index is 1.40. The molecule has 48 heavy (non-hydrogen) atoms. The van der Waals surface area contributed by atoms with Gasteiger partial charge < -0.3 is 24.2 Å². The van der Waals surface area contributed by atoms with Crippen molar-refractivity contribution in [3.8, 4) is 17.5 Å². The molecule has 6 rings (SSSR count). The number of hydrogen-bond acceptors (Lipinski definition) is 9. The lowest BCUT2D eigenvalue weighted by Gasteiger charge is -2.32. The van der Waals surface area contributed by atoms with Crippen molar-refractivity contribution in [2.24, 2.45) is 0 Å². The lowest BCUT2D eigenvalue weighted by Crippen LogP contribution is -2.35. The number of ether oxygens (including phenoxy) is 3. The molecule has 10 heteroatoms. The highest BCUT2D eigenvalue weighted by Gasteiger charge is 2.25. The molecule has 0 aliphatic carbocycles. The fraction of sp³-hybridized carbons (Fsp3) is 0.395. The molecule has 252 valence electrons. The number of rotatable bonds is 14. The van der Waals surface area contributed by atoms with Gasteiger partial charge in [-0.05, 0) is 78.8 Å². The fourth-order valence-electron chi connectivity index (χ4n) is 6.12. The van der Waals surface area contributed by atoms with Crippen LogP contribution in [0, 0.1) is 0 Å². The van der Waals surface area contributed by atoms with E-state index in [0.717, 1.165) is 60.5 Å². The molecule has 0 spiro atoms. The Kier molecular flexibility index (Phi) is 10.4. The van der Waals surface area contributed by atoms with Gasteiger partial charge in [-0.2, -0.15) is 4.98 Å². The molecular formula is C38H46N6O4. The monoisotopic (exact) mass is 650 g/mol. The van der Waals surface area contributed by atoms with E-state index in [9.17, 15) is 5.11 Å². The zero-order valence-corrected chi connectivity index (χ0v) is 28.6. The smallest absolute Gasteiger partial charge is 0.336 e. The van der Waals surface area contributed by atoms with Gasteiger partial charge in [-0.25, -0.2) is 9.50 Å². The molecule has 0 fully saturated rings. The molecule has 0 saturated carbocycles. The van der Waals surface area contributed by atoms with Crippen LogP contribution in [0.25, 0.3) is 5.65 Å². The summed E-state index contributed by atoms with van der Waals surface area (Å²) in [7, 11) is 3.33. The van der Waals surface area contributed by atoms with E-state index >= 15 is 0 Å². The minimum absolute atomic E-state index is 0.242. The molecule has 0 radical (unpaired) electrons. The largest absolute Gasteiger partial charge is 0.497 e. The van der Waals surface area contributed by atoms with Crippen LogP contribution in [0.2, 0.25) is 0 Å². The van der Waals surface area contributed by atoms with Crippen LogP contribution in [-0.2, 0) is 26.1 Å². The van der Waals surface area contributed by atoms with Gasteiger partial charge in [0, 0.05) is 32.2 Å². The minimum atomic E-state index is -0.934. The van der Waals surface area contributed by atoms with Gasteiger partial charge in [0.15, 0.2) is 11.5 Å². The Labute approximate surface area is 282 Å². The van der Waals surface area contributed by atoms with Crippen molar-refractivity contribution in [1.29, 1.82) is 0 Å². The standard InChI is InChI=1S/C38H46N6O4/c1-6-7-20-48-38-40-37(43(23-27-8-14-32(46-4)15-9-27)24-28-10-16-33(47-5)17-11-28)36-39-22-34(44(36)41-38)35(45)30-12-13-31-25-42(26(2)3)19-18-29(31)21-30/h8-17,21-22,26,35,45H,6-7,18-20,23-25H2,1-5H3. The maximum absolute atomic E-state index is 11.8. The van der Waals surface area contributed by atoms with Gasteiger partial charge in [-0.1, -0.05) is 55.8 Å². The number of methoxy groups -OCH3 is 2. The summed E-state index contributed by atoms with van der Waals surface area (Å²) in [6.07, 6.45) is 3.58. The third-order valence-electron chi connectivity index (χ3n) is 9.04. The number of fused-ring (bicyclic) bond motifs is 2. The fourth-order valence-corrected chi connectivity index (χ4v) is 6.12. The Morgan fingerprint density at radius 2 is 1.56 bits per heavy atom. The van der Waals surface area contributed by atoms with E-state index in [0.29, 0.717) is 42.9 Å². The van der Waals surface area contributed by atoms with Crippen molar-refractivity contribution >= 4 is 11.5 Å². The number of nitrogens with zero attached hydrogens (tertiary/aromatic N) is 6. The lowest BCUT2D eigenvalue weighted by atomic mass is 9.94. The van der Waals surface area contributed by atoms with Crippen LogP contribution in [0.3, 0.4) is 0 Å². The van der Waals surface area contributed by atoms with Crippen LogP contribution in [0.15, 0.2) is 72.9 Å². The molecule has 1 atom stereocenters. The predicted octanol–water partition coefficient (Wildman–Crippen LogP) is 6.38. The number of aromatic nitrogens is 4. The van der Waals surface area contributed by atoms with Gasteiger partial charge in [0.1, 0.15) is 17.6 Å². The second-order valence-corrected chi connectivity index (χ2v) is 12.6. The van der Waals surface area contributed by atoms with Gasteiger partial charge in [-0.15, -0.1) is 5.10 Å². The molecule has 1 aliphatic heterocycles. The van der Waals surface area contributed by atoms with Crippen LogP contribution < -0.4 is 19.1 Å². The Bertz CT molecular complexity index is 1760. The summed E-state index contributed by atoms with van der Waals surface area (Å²) in [4.78, 5) is 14.4. The molecule has 1 unspecified atom stereocenters. The molecule has 1 N–H and O–H groups in total. The van der Waals surface area contributed by atoms with Crippen LogP contribution in [0.4, 0.5) is 5.82 Å². The minimum Gasteiger partial charge on any atom is -0.497 e. The summed E-state index contributed by atoms with van der Waals surface area (Å²) in [6.45, 7) is 10.1. The van der Waals surface area contributed by atoms with Gasteiger partial charge >= 0.3 is 6.01 Å². The number of benzene rings is 3. The summed E-state index contributed by atoms with van der Waals surface area (Å²) in [6, 6.07) is 23.1. The van der Waals surface area contributed by atoms with Crippen molar-refractivity contribution in [2.75, 3.05) is 32.3 Å². The van der Waals surface area contributed by atoms with Gasteiger partial charge in [-0.3, -0.25) is 4.90 Å². The topological polar surface area (TPSA) is 97.5 Å². The molecular weight excluding hydrogens is 604 g/mol. The van der Waals surface area contributed by atoms with Crippen LogP contribution in [-0.4, -0.2) is 63.0 Å². The Morgan fingerprint density at radius 3 is 2.17 bits per heavy atom. The maximum Gasteiger partial charge on any atom is 0.336 e. The van der Waals surface area contributed by atoms with Crippen LogP contribution in [0.1, 0.15) is 73.2 Å². The van der Waals surface area contributed by atoms with E-state index < -0.39 is 6.10 Å². The number of hydrogen-bond donors (Lipinski definition) is 1. The second kappa shape index (κ2) is 15.0. The number of unbranched alkanes of at least 4 members (excludes halogenated alkanes) is 1. The van der Waals surface area contributed by atoms with E-state index in [1.165, 1.54) is 11.1 Å². The van der Waals surface area contributed by atoms with Crippen LogP contribution in [0.5, 0.6) is 17.5 Å².